The summed E-state index contributed by atoms with van der Waals surface area (Å²) in [7, 11) is 0. The highest BCUT2D eigenvalue weighted by molar-refractivity contribution is 7.80. The molecule has 1 aromatic carbocycles. The van der Waals surface area contributed by atoms with Crippen LogP contribution < -0.4 is 54.2 Å². The van der Waals surface area contributed by atoms with Gasteiger partial charge in [-0.3, -0.25) is 48.7 Å². The van der Waals surface area contributed by atoms with Crippen LogP contribution in [0.5, 0.6) is 0 Å². The summed E-state index contributed by atoms with van der Waals surface area (Å²) in [6.45, 7) is 1.82. The Hall–Kier alpha value is -7.58. The van der Waals surface area contributed by atoms with Gasteiger partial charge in [-0.05, 0) is 50.5 Å². The van der Waals surface area contributed by atoms with Crippen molar-refractivity contribution >= 4 is 88.8 Å². The van der Waals surface area contributed by atoms with Crippen LogP contribution in [0.1, 0.15) is 61.5 Å². The van der Waals surface area contributed by atoms with E-state index in [1.807, 2.05) is 0 Å². The first-order valence-corrected chi connectivity index (χ1v) is 19.6. The molecular weight excluding hydrogens is 853 g/mol. The number of fused-ring (bicyclic) bond motifs is 1. The zero-order valence-electron chi connectivity index (χ0n) is 33.6. The molecule has 26 nitrogen and oxygen atoms in total. The molecule has 0 fully saturated rings. The van der Waals surface area contributed by atoms with E-state index in [0.717, 1.165) is 0 Å². The number of aromatic nitrogens is 4. The first kappa shape index (κ1) is 49.8. The van der Waals surface area contributed by atoms with Crippen LogP contribution in [-0.2, 0) is 40.1 Å². The van der Waals surface area contributed by atoms with E-state index < -0.39 is 102 Å². The van der Waals surface area contributed by atoms with Gasteiger partial charge in [-0.25, -0.2) is 14.8 Å². The number of nitrogens with two attached hydrogens (primary N) is 2. The number of carboxylic acids is 3. The Kier molecular flexibility index (Phi) is 19.0. The van der Waals surface area contributed by atoms with Crippen molar-refractivity contribution in [3.05, 3.63) is 52.1 Å². The molecule has 0 aliphatic carbocycles. The molecule has 2 aromatic heterocycles. The van der Waals surface area contributed by atoms with Crippen LogP contribution in [0.25, 0.3) is 11.2 Å². The SMILES string of the molecule is C[C@H](CCC(=O)N[C@@H](CC(=O)O)C(=O)N[C@@H](CCCNC(=N)N)C(=O)N[C@@H](CC(=O)O)C(=O)N[C@@H](CS)C(=O)O)NC(=O)c1ccc(NCc2cnc3nc(N)[nH]c(=O)c3n2)cc1. The number of thiol groups is 1. The van der Waals surface area contributed by atoms with Gasteiger partial charge < -0.3 is 64.0 Å². The minimum absolute atomic E-state index is 0.0197. The minimum atomic E-state index is -1.82. The summed E-state index contributed by atoms with van der Waals surface area (Å²) in [5.41, 5.74) is 11.7. The van der Waals surface area contributed by atoms with Crippen molar-refractivity contribution in [2.75, 3.05) is 23.3 Å². The van der Waals surface area contributed by atoms with E-state index in [2.05, 4.69) is 69.8 Å². The topological polar surface area (TPSA) is 429 Å². The Balaban J connectivity index is 1.60. The zero-order valence-corrected chi connectivity index (χ0v) is 34.5. The van der Waals surface area contributed by atoms with E-state index in [0.29, 0.717) is 11.4 Å². The van der Waals surface area contributed by atoms with Gasteiger partial charge in [-0.15, -0.1) is 0 Å². The van der Waals surface area contributed by atoms with Crippen LogP contribution in [0.3, 0.4) is 0 Å². The molecule has 0 bridgehead atoms. The van der Waals surface area contributed by atoms with Crippen LogP contribution in [0, 0.1) is 5.41 Å². The lowest BCUT2D eigenvalue weighted by Gasteiger charge is -2.25. The second-order valence-corrected chi connectivity index (χ2v) is 14.2. The maximum atomic E-state index is 13.4. The summed E-state index contributed by atoms with van der Waals surface area (Å²) < 4.78 is 0. The number of aliphatic carboxylic acids is 3. The zero-order chi connectivity index (χ0) is 46.8. The van der Waals surface area contributed by atoms with Crippen molar-refractivity contribution < 1.29 is 53.7 Å². The number of amides is 5. The molecule has 0 saturated heterocycles. The van der Waals surface area contributed by atoms with Gasteiger partial charge in [-0.1, -0.05) is 0 Å². The number of hydrogen-bond acceptors (Lipinski definition) is 16. The molecule has 27 heteroatoms. The lowest BCUT2D eigenvalue weighted by molar-refractivity contribution is -0.143. The quantitative estimate of drug-likeness (QED) is 0.0174. The molecule has 5 amide bonds. The van der Waals surface area contributed by atoms with Gasteiger partial charge in [0.1, 0.15) is 24.2 Å². The van der Waals surface area contributed by atoms with Gasteiger partial charge in [0.15, 0.2) is 17.1 Å². The molecule has 0 spiro atoms. The Morgan fingerprint density at radius 3 is 2.00 bits per heavy atom. The lowest BCUT2D eigenvalue weighted by atomic mass is 10.1. The highest BCUT2D eigenvalue weighted by Gasteiger charge is 2.33. The Bertz CT molecular complexity index is 2240. The van der Waals surface area contributed by atoms with Gasteiger partial charge in [-0.2, -0.15) is 17.6 Å². The van der Waals surface area contributed by atoms with Crippen LogP contribution in [0.15, 0.2) is 35.3 Å². The summed E-state index contributed by atoms with van der Waals surface area (Å²) in [6, 6.07) is -0.879. The Morgan fingerprint density at radius 1 is 0.825 bits per heavy atom. The number of guanidine groups is 1. The number of benzene rings is 1. The molecule has 16 N–H and O–H groups in total. The molecule has 0 unspecified atom stereocenters. The van der Waals surface area contributed by atoms with E-state index >= 15 is 0 Å². The van der Waals surface area contributed by atoms with Crippen molar-refractivity contribution in [3.8, 4) is 0 Å². The molecule has 2 heterocycles. The van der Waals surface area contributed by atoms with Crippen molar-refractivity contribution in [3.63, 3.8) is 0 Å². The lowest BCUT2D eigenvalue weighted by Crippen LogP contribution is -2.58. The highest BCUT2D eigenvalue weighted by Crippen LogP contribution is 2.13. The van der Waals surface area contributed by atoms with Gasteiger partial charge in [0, 0.05) is 36.0 Å². The third-order valence-electron chi connectivity index (χ3n) is 8.75. The van der Waals surface area contributed by atoms with Gasteiger partial charge in [0.2, 0.25) is 29.6 Å². The number of anilines is 2. The highest BCUT2D eigenvalue weighted by atomic mass is 32.1. The van der Waals surface area contributed by atoms with Crippen LogP contribution >= 0.6 is 12.6 Å². The molecule has 340 valence electrons. The number of nitrogens with zero attached hydrogens (tertiary/aromatic N) is 3. The van der Waals surface area contributed by atoms with Crippen molar-refractivity contribution in [2.24, 2.45) is 5.73 Å². The van der Waals surface area contributed by atoms with E-state index in [1.165, 1.54) is 6.20 Å². The molecule has 0 radical (unpaired) electrons. The van der Waals surface area contributed by atoms with E-state index in [1.54, 1.807) is 31.2 Å². The third-order valence-corrected chi connectivity index (χ3v) is 9.11. The van der Waals surface area contributed by atoms with Gasteiger partial charge >= 0.3 is 17.9 Å². The summed E-state index contributed by atoms with van der Waals surface area (Å²) in [4.78, 5) is 127. The fourth-order valence-corrected chi connectivity index (χ4v) is 5.80. The van der Waals surface area contributed by atoms with Crippen LogP contribution in [0.2, 0.25) is 0 Å². The van der Waals surface area contributed by atoms with Gasteiger partial charge in [0.05, 0.1) is 31.3 Å². The largest absolute Gasteiger partial charge is 0.481 e. The standard InChI is InChI=1S/C36H48N14O12S/c1-16(43-29(56)17-5-7-18(8-6-17)41-13-19-14-42-28-27(44-19)33(60)50-36(39)49-28)4-9-24(51)45-21(11-25(52)53)31(58)46-20(3-2-10-40-35(37)38)30(57)47-22(12-26(54)55)32(59)48-23(15-63)34(61)62/h5-8,14,16,20-23,41,63H,2-4,9-13,15H2,1H3,(H,43,56)(H,45,51)(H,46,58)(H,47,57)(H,48,59)(H,52,53)(H,54,55)(H,61,62)(H4,37,38,40)(H3,39,42,49,50,60)/t16-,20+,21+,22+,23+/m1/s1. The van der Waals surface area contributed by atoms with E-state index in [9.17, 15) is 58.5 Å². The second kappa shape index (κ2) is 24.0. The maximum absolute atomic E-state index is 13.4. The molecule has 3 aromatic rings. The number of H-pyrrole nitrogens is 1. The minimum Gasteiger partial charge on any atom is -0.481 e. The number of nitrogens with one attached hydrogen (secondary N) is 9. The van der Waals surface area contributed by atoms with E-state index in [-0.39, 0.29) is 67.2 Å². The smallest absolute Gasteiger partial charge is 0.327 e. The van der Waals surface area contributed by atoms with E-state index in [4.69, 9.17) is 16.9 Å². The van der Waals surface area contributed by atoms with Crippen LogP contribution in [0.4, 0.5) is 11.6 Å². The number of carbonyl (C=O) groups excluding carboxylic acids is 5. The summed E-state index contributed by atoms with van der Waals surface area (Å²) >= 11 is 3.83. The Morgan fingerprint density at radius 2 is 1.41 bits per heavy atom. The predicted octanol–water partition coefficient (Wildman–Crippen LogP) is -3.03. The van der Waals surface area contributed by atoms with Crippen molar-refractivity contribution in [2.45, 2.75) is 82.2 Å². The molecule has 3 rings (SSSR count). The first-order valence-electron chi connectivity index (χ1n) is 19.0. The molecular formula is C36H48N14O12S. The maximum Gasteiger partial charge on any atom is 0.327 e. The fourth-order valence-electron chi connectivity index (χ4n) is 5.55. The normalized spacial score (nSPS) is 13.2. The van der Waals surface area contributed by atoms with Crippen LogP contribution in [-0.4, -0.2) is 131 Å². The first-order chi connectivity index (χ1) is 29.8. The number of nitrogen functional groups attached to an aromatic ring is 1. The number of aromatic amines is 1. The summed E-state index contributed by atoms with van der Waals surface area (Å²) in [5.74, 6) is -10.1. The average Bonchev–Trinajstić information content (AvgIpc) is 3.21. The molecule has 5 atom stereocenters. The van der Waals surface area contributed by atoms with Crippen molar-refractivity contribution in [1.82, 2.24) is 51.8 Å². The third kappa shape index (κ3) is 16.8. The van der Waals surface area contributed by atoms with Crippen molar-refractivity contribution in [1.29, 1.82) is 5.41 Å². The summed E-state index contributed by atoms with van der Waals surface area (Å²) in [6.07, 6.45) is -0.892. The second-order valence-electron chi connectivity index (χ2n) is 13.8. The fraction of sp³-hybridized carbons (Fsp3) is 0.417. The number of rotatable bonds is 25. The number of carbonyl (C=O) groups is 8. The monoisotopic (exact) mass is 900 g/mol. The average molecular weight is 901 g/mol. The number of carboxylic acid groups (broad SMARTS) is 3. The molecule has 63 heavy (non-hydrogen) atoms. The Labute approximate surface area is 362 Å². The molecule has 0 aliphatic rings. The summed E-state index contributed by atoms with van der Waals surface area (Å²) in [5, 5.41) is 52.6. The number of hydrogen-bond donors (Lipinski definition) is 15. The van der Waals surface area contributed by atoms with Gasteiger partial charge in [0.25, 0.3) is 11.5 Å². The predicted molar refractivity (Wildman–Crippen MR) is 225 cm³/mol. The molecule has 0 saturated carbocycles. The molecule has 0 aliphatic heterocycles.